The van der Waals surface area contributed by atoms with Crippen LogP contribution in [0, 0.1) is 0 Å². The van der Waals surface area contributed by atoms with Gasteiger partial charge in [0.1, 0.15) is 19.0 Å². The number of carboxylic acids is 1. The van der Waals surface area contributed by atoms with E-state index in [4.69, 9.17) is 14.9 Å². The number of carboxylic acid groups (broad SMARTS) is 1. The minimum Gasteiger partial charge on any atom is -0.480 e. The van der Waals surface area contributed by atoms with Crippen LogP contribution in [0.1, 0.15) is 10.4 Å². The van der Waals surface area contributed by atoms with Gasteiger partial charge in [0.05, 0.1) is 12.2 Å². The molecule has 1 aromatic carbocycles. The van der Waals surface area contributed by atoms with E-state index in [1.165, 1.54) is 0 Å². The normalized spacial score (nSPS) is 10.3. The van der Waals surface area contributed by atoms with Gasteiger partial charge in [0.15, 0.2) is 0 Å². The number of rotatable bonds is 8. The summed E-state index contributed by atoms with van der Waals surface area (Å²) in [7, 11) is 1.77. The van der Waals surface area contributed by atoms with Crippen LogP contribution in [0.2, 0.25) is 0 Å². The molecular weight excluding hydrogens is 264 g/mol. The molecule has 0 saturated heterocycles. The van der Waals surface area contributed by atoms with Gasteiger partial charge >= 0.3 is 5.97 Å². The Hall–Kier alpha value is -2.12. The Labute approximate surface area is 116 Å². The molecule has 20 heavy (non-hydrogen) atoms. The molecule has 1 rings (SSSR count). The van der Waals surface area contributed by atoms with Crippen LogP contribution in [-0.4, -0.2) is 60.5 Å². The first-order valence-corrected chi connectivity index (χ1v) is 6.06. The van der Waals surface area contributed by atoms with Gasteiger partial charge in [-0.05, 0) is 19.2 Å². The van der Waals surface area contributed by atoms with E-state index in [1.807, 2.05) is 0 Å². The number of hydrogen-bond acceptors (Lipinski definition) is 5. The average Bonchev–Trinajstić information content (AvgIpc) is 2.43. The lowest BCUT2D eigenvalue weighted by Gasteiger charge is -2.17. The highest BCUT2D eigenvalue weighted by molar-refractivity contribution is 5.98. The fourth-order valence-electron chi connectivity index (χ4n) is 1.45. The van der Waals surface area contributed by atoms with Gasteiger partial charge in [0.2, 0.25) is 0 Å². The van der Waals surface area contributed by atoms with Crippen molar-refractivity contribution < 1.29 is 24.5 Å². The Balaban J connectivity index is 2.67. The number of ether oxygens (including phenoxy) is 1. The smallest absolute Gasteiger partial charge is 0.322 e. The average molecular weight is 282 g/mol. The number of aliphatic hydroxyl groups excluding tert-OH is 1. The zero-order valence-corrected chi connectivity index (χ0v) is 11.2. The number of amides is 1. The number of para-hydroxylation sites is 1. The van der Waals surface area contributed by atoms with Gasteiger partial charge in [0.25, 0.3) is 5.91 Å². The number of nitrogens with zero attached hydrogens (tertiary/aromatic N) is 1. The number of nitrogens with one attached hydrogen (secondary N) is 1. The Kier molecular flexibility index (Phi) is 6.48. The maximum atomic E-state index is 11.8. The molecule has 0 heterocycles. The van der Waals surface area contributed by atoms with Crippen LogP contribution >= 0.6 is 0 Å². The standard InChI is InChI=1S/C13H18N2O5/c1-15(6-7-16)9-20-11-5-3-2-4-10(11)13(19)14-8-12(17)18/h2-5,16H,6-9H2,1H3,(H,14,19)(H,17,18). The molecule has 3 N–H and O–H groups in total. The second kappa shape index (κ2) is 8.13. The Morgan fingerprint density at radius 2 is 2.05 bits per heavy atom. The fourth-order valence-corrected chi connectivity index (χ4v) is 1.45. The van der Waals surface area contributed by atoms with E-state index in [0.29, 0.717) is 12.3 Å². The number of carbonyl (C=O) groups excluding carboxylic acids is 1. The maximum Gasteiger partial charge on any atom is 0.322 e. The van der Waals surface area contributed by atoms with Crippen molar-refractivity contribution in [2.75, 3.05) is 33.5 Å². The van der Waals surface area contributed by atoms with E-state index in [-0.39, 0.29) is 18.9 Å². The largest absolute Gasteiger partial charge is 0.480 e. The van der Waals surface area contributed by atoms with Crippen molar-refractivity contribution >= 4 is 11.9 Å². The van der Waals surface area contributed by atoms with Crippen LogP contribution in [0.3, 0.4) is 0 Å². The first-order chi connectivity index (χ1) is 9.54. The van der Waals surface area contributed by atoms with Crippen molar-refractivity contribution in [1.82, 2.24) is 10.2 Å². The monoisotopic (exact) mass is 282 g/mol. The predicted octanol–water partition coefficient (Wildman–Crippen LogP) is -0.239. The molecule has 0 aliphatic carbocycles. The van der Waals surface area contributed by atoms with Crippen molar-refractivity contribution in [3.05, 3.63) is 29.8 Å². The number of hydrogen-bond donors (Lipinski definition) is 3. The summed E-state index contributed by atoms with van der Waals surface area (Å²) in [5.41, 5.74) is 0.270. The molecular formula is C13H18N2O5. The van der Waals surface area contributed by atoms with Crippen LogP contribution in [-0.2, 0) is 4.79 Å². The molecule has 0 aliphatic rings. The molecule has 0 fully saturated rings. The van der Waals surface area contributed by atoms with Crippen LogP contribution in [0.5, 0.6) is 5.75 Å². The molecule has 0 aromatic heterocycles. The lowest BCUT2D eigenvalue weighted by atomic mass is 10.2. The van der Waals surface area contributed by atoms with Crippen molar-refractivity contribution in [1.29, 1.82) is 0 Å². The highest BCUT2D eigenvalue weighted by Gasteiger charge is 2.13. The summed E-state index contributed by atoms with van der Waals surface area (Å²) in [5.74, 6) is -1.26. The van der Waals surface area contributed by atoms with E-state index in [2.05, 4.69) is 5.32 Å². The van der Waals surface area contributed by atoms with Gasteiger partial charge < -0.3 is 20.3 Å². The summed E-state index contributed by atoms with van der Waals surface area (Å²) < 4.78 is 5.49. The third kappa shape index (κ3) is 5.25. The minimum absolute atomic E-state index is 0.0145. The maximum absolute atomic E-state index is 11.8. The van der Waals surface area contributed by atoms with Crippen LogP contribution in [0.4, 0.5) is 0 Å². The molecule has 1 amide bonds. The molecule has 0 spiro atoms. The van der Waals surface area contributed by atoms with Gasteiger partial charge in [-0.15, -0.1) is 0 Å². The number of likely N-dealkylation sites (N-methyl/N-ethyl adjacent to an activating group) is 1. The van der Waals surface area contributed by atoms with Crippen LogP contribution in [0.25, 0.3) is 0 Å². The van der Waals surface area contributed by atoms with E-state index in [9.17, 15) is 9.59 Å². The van der Waals surface area contributed by atoms with Gasteiger partial charge in [0, 0.05) is 6.54 Å². The van der Waals surface area contributed by atoms with Crippen molar-refractivity contribution in [3.63, 3.8) is 0 Å². The highest BCUT2D eigenvalue weighted by atomic mass is 16.5. The van der Waals surface area contributed by atoms with E-state index in [0.717, 1.165) is 0 Å². The molecule has 110 valence electrons. The Bertz CT molecular complexity index is 464. The second-order valence-corrected chi connectivity index (χ2v) is 4.15. The van der Waals surface area contributed by atoms with Crippen LogP contribution in [0.15, 0.2) is 24.3 Å². The summed E-state index contributed by atoms with van der Waals surface area (Å²) in [4.78, 5) is 24.0. The molecule has 0 saturated carbocycles. The number of carbonyl (C=O) groups is 2. The SMILES string of the molecule is CN(CCO)COc1ccccc1C(=O)NCC(=O)O. The second-order valence-electron chi connectivity index (χ2n) is 4.15. The molecule has 1 aromatic rings. The third-order valence-corrected chi connectivity index (χ3v) is 2.45. The summed E-state index contributed by atoms with van der Waals surface area (Å²) in [6, 6.07) is 6.57. The topological polar surface area (TPSA) is 99.1 Å². The van der Waals surface area contributed by atoms with Crippen molar-refractivity contribution in [3.8, 4) is 5.75 Å². The zero-order chi connectivity index (χ0) is 15.0. The fraction of sp³-hybridized carbons (Fsp3) is 0.385. The van der Waals surface area contributed by atoms with E-state index < -0.39 is 18.4 Å². The molecule has 7 heteroatoms. The Morgan fingerprint density at radius 1 is 1.35 bits per heavy atom. The molecule has 0 unspecified atom stereocenters. The van der Waals surface area contributed by atoms with Crippen molar-refractivity contribution in [2.45, 2.75) is 0 Å². The lowest BCUT2D eigenvalue weighted by Crippen LogP contribution is -2.30. The van der Waals surface area contributed by atoms with E-state index in [1.54, 1.807) is 36.2 Å². The predicted molar refractivity (Wildman–Crippen MR) is 71.6 cm³/mol. The van der Waals surface area contributed by atoms with Gasteiger partial charge in [-0.3, -0.25) is 14.5 Å². The summed E-state index contributed by atoms with van der Waals surface area (Å²) in [6.07, 6.45) is 0. The molecule has 0 atom stereocenters. The number of benzene rings is 1. The molecule has 0 bridgehead atoms. The van der Waals surface area contributed by atoms with Gasteiger partial charge in [-0.2, -0.15) is 0 Å². The molecule has 0 aliphatic heterocycles. The third-order valence-electron chi connectivity index (χ3n) is 2.45. The highest BCUT2D eigenvalue weighted by Crippen LogP contribution is 2.17. The first-order valence-electron chi connectivity index (χ1n) is 6.06. The zero-order valence-electron chi connectivity index (χ0n) is 11.2. The molecule has 7 nitrogen and oxygen atoms in total. The van der Waals surface area contributed by atoms with Crippen LogP contribution < -0.4 is 10.1 Å². The van der Waals surface area contributed by atoms with Crippen molar-refractivity contribution in [2.24, 2.45) is 0 Å². The number of aliphatic carboxylic acids is 1. The first kappa shape index (κ1) is 15.9. The minimum atomic E-state index is -1.11. The summed E-state index contributed by atoms with van der Waals surface area (Å²) >= 11 is 0. The number of aliphatic hydroxyl groups is 1. The summed E-state index contributed by atoms with van der Waals surface area (Å²) in [6.45, 7) is 0.231. The van der Waals surface area contributed by atoms with Gasteiger partial charge in [-0.25, -0.2) is 0 Å². The quantitative estimate of drug-likeness (QED) is 0.569. The molecule has 0 radical (unpaired) electrons. The lowest BCUT2D eigenvalue weighted by molar-refractivity contribution is -0.135. The Morgan fingerprint density at radius 3 is 2.70 bits per heavy atom. The summed E-state index contributed by atoms with van der Waals surface area (Å²) in [5, 5.41) is 19.6. The van der Waals surface area contributed by atoms with E-state index >= 15 is 0 Å². The van der Waals surface area contributed by atoms with Gasteiger partial charge in [-0.1, -0.05) is 12.1 Å².